The summed E-state index contributed by atoms with van der Waals surface area (Å²) in [6.45, 7) is 7.30. The van der Waals surface area contributed by atoms with Crippen LogP contribution >= 0.6 is 11.6 Å². The van der Waals surface area contributed by atoms with E-state index in [9.17, 15) is 13.6 Å². The highest BCUT2D eigenvalue weighted by Crippen LogP contribution is 2.37. The fourth-order valence-corrected chi connectivity index (χ4v) is 2.44. The fraction of sp³-hybridized carbons (Fsp3) is 0.381. The van der Waals surface area contributed by atoms with Crippen molar-refractivity contribution in [3.63, 3.8) is 0 Å². The first-order chi connectivity index (χ1) is 12.5. The predicted molar refractivity (Wildman–Crippen MR) is 101 cm³/mol. The van der Waals surface area contributed by atoms with Crippen LogP contribution in [0.2, 0.25) is 5.02 Å². The molecule has 3 nitrogen and oxygen atoms in total. The van der Waals surface area contributed by atoms with E-state index in [4.69, 9.17) is 21.1 Å². The van der Waals surface area contributed by atoms with Crippen LogP contribution in [0.1, 0.15) is 38.8 Å². The molecule has 0 atom stereocenters. The molecule has 0 saturated heterocycles. The lowest BCUT2D eigenvalue weighted by Crippen LogP contribution is -2.40. The first-order valence-electron chi connectivity index (χ1n) is 8.63. The zero-order valence-electron chi connectivity index (χ0n) is 15.8. The van der Waals surface area contributed by atoms with Gasteiger partial charge in [-0.3, -0.25) is 0 Å². The smallest absolute Gasteiger partial charge is 0.349 e. The summed E-state index contributed by atoms with van der Waals surface area (Å²) < 4.78 is 40.1. The molecule has 0 radical (unpaired) electrons. The normalized spacial score (nSPS) is 12.1. The summed E-state index contributed by atoms with van der Waals surface area (Å²) in [6.07, 6.45) is 0. The molecule has 0 fully saturated rings. The van der Waals surface area contributed by atoms with E-state index in [1.54, 1.807) is 13.8 Å². The number of esters is 1. The molecule has 0 amide bonds. The topological polar surface area (TPSA) is 35.5 Å². The number of hydrogen-bond donors (Lipinski definition) is 0. The van der Waals surface area contributed by atoms with Gasteiger partial charge in [-0.25, -0.2) is 4.79 Å². The minimum absolute atomic E-state index is 0.154. The Morgan fingerprint density at radius 3 is 1.96 bits per heavy atom. The minimum Gasteiger partial charge on any atom is -0.476 e. The lowest BCUT2D eigenvalue weighted by molar-refractivity contribution is -0.160. The number of rotatable bonds is 7. The zero-order valence-corrected chi connectivity index (χ0v) is 16.5. The van der Waals surface area contributed by atoms with Gasteiger partial charge in [0.1, 0.15) is 5.75 Å². The Labute approximate surface area is 163 Å². The molecule has 0 spiro atoms. The molecular formula is C21H23ClF2O3. The average molecular weight is 397 g/mol. The molecule has 0 aromatic heterocycles. The van der Waals surface area contributed by atoms with Crippen LogP contribution in [0, 0.1) is 5.92 Å². The summed E-state index contributed by atoms with van der Waals surface area (Å²) >= 11 is 5.76. The molecule has 0 heterocycles. The summed E-state index contributed by atoms with van der Waals surface area (Å²) in [5.41, 5.74) is -1.56. The second-order valence-electron chi connectivity index (χ2n) is 7.21. The Kier molecular flexibility index (Phi) is 6.47. The molecule has 0 aliphatic rings. The highest BCUT2D eigenvalue weighted by molar-refractivity contribution is 6.30. The van der Waals surface area contributed by atoms with Gasteiger partial charge in [-0.05, 0) is 56.2 Å². The molecule has 2 aromatic carbocycles. The summed E-state index contributed by atoms with van der Waals surface area (Å²) in [4.78, 5) is 12.1. The van der Waals surface area contributed by atoms with Gasteiger partial charge < -0.3 is 9.47 Å². The van der Waals surface area contributed by atoms with Crippen LogP contribution in [-0.2, 0) is 15.5 Å². The summed E-state index contributed by atoms with van der Waals surface area (Å²) in [5, 5.41) is 0.393. The Balaban J connectivity index is 2.12. The van der Waals surface area contributed by atoms with E-state index in [0.717, 1.165) is 0 Å². The van der Waals surface area contributed by atoms with Crippen LogP contribution in [0.4, 0.5) is 8.78 Å². The van der Waals surface area contributed by atoms with Crippen LogP contribution in [0.15, 0.2) is 48.5 Å². The van der Waals surface area contributed by atoms with Crippen molar-refractivity contribution in [1.82, 2.24) is 0 Å². The van der Waals surface area contributed by atoms with E-state index in [2.05, 4.69) is 0 Å². The molecular weight excluding hydrogens is 374 g/mol. The molecule has 27 heavy (non-hydrogen) atoms. The molecule has 0 saturated carbocycles. The number of alkyl halides is 2. The van der Waals surface area contributed by atoms with E-state index >= 15 is 0 Å². The van der Waals surface area contributed by atoms with Gasteiger partial charge in [-0.1, -0.05) is 37.6 Å². The quantitative estimate of drug-likeness (QED) is 0.552. The number of hydrogen-bond acceptors (Lipinski definition) is 3. The largest absolute Gasteiger partial charge is 0.476 e. The highest BCUT2D eigenvalue weighted by Gasteiger charge is 2.35. The van der Waals surface area contributed by atoms with Crippen LogP contribution in [0.3, 0.4) is 0 Å². The molecule has 146 valence electrons. The molecule has 2 aromatic rings. The van der Waals surface area contributed by atoms with Crippen molar-refractivity contribution >= 4 is 17.6 Å². The molecule has 0 aliphatic heterocycles. The van der Waals surface area contributed by atoms with Crippen LogP contribution < -0.4 is 4.74 Å². The van der Waals surface area contributed by atoms with Crippen molar-refractivity contribution in [1.29, 1.82) is 0 Å². The van der Waals surface area contributed by atoms with Gasteiger partial charge >= 0.3 is 5.97 Å². The third kappa shape index (κ3) is 5.42. The molecule has 0 unspecified atom stereocenters. The van der Waals surface area contributed by atoms with E-state index in [-0.39, 0.29) is 23.7 Å². The first-order valence-corrected chi connectivity index (χ1v) is 9.01. The summed E-state index contributed by atoms with van der Waals surface area (Å²) in [7, 11) is 0. The number of carbonyl (C=O) groups excluding carboxylic acids is 1. The molecule has 2 rings (SSSR count). The maximum Gasteiger partial charge on any atom is 0.349 e. The van der Waals surface area contributed by atoms with Crippen molar-refractivity contribution in [3.8, 4) is 5.75 Å². The maximum absolute atomic E-state index is 14.6. The molecule has 6 heteroatoms. The van der Waals surface area contributed by atoms with Crippen LogP contribution in [0.5, 0.6) is 5.75 Å². The second-order valence-corrected chi connectivity index (χ2v) is 7.65. The standard InChI is InChI=1S/C21H23ClF2O3/c1-14(2)13-26-19(25)20(3,4)27-18-11-7-16(8-12-18)21(23,24)15-5-9-17(22)10-6-15/h5-12,14H,13H2,1-4H3. The molecule has 0 N–H and O–H groups in total. The predicted octanol–water partition coefficient (Wildman–Crippen LogP) is 5.84. The van der Waals surface area contributed by atoms with Crippen molar-refractivity contribution in [2.45, 2.75) is 39.2 Å². The Hall–Kier alpha value is -2.14. The van der Waals surface area contributed by atoms with Gasteiger partial charge in [0.05, 0.1) is 6.61 Å². The van der Waals surface area contributed by atoms with Crippen molar-refractivity contribution < 1.29 is 23.0 Å². The number of ether oxygens (including phenoxy) is 2. The SMILES string of the molecule is CC(C)COC(=O)C(C)(C)Oc1ccc(C(F)(F)c2ccc(Cl)cc2)cc1. The lowest BCUT2D eigenvalue weighted by Gasteiger charge is -2.25. The van der Waals surface area contributed by atoms with Crippen molar-refractivity contribution in [2.75, 3.05) is 6.61 Å². The lowest BCUT2D eigenvalue weighted by atomic mass is 10.0. The summed E-state index contributed by atoms with van der Waals surface area (Å²) in [5.74, 6) is -3.17. The highest BCUT2D eigenvalue weighted by atomic mass is 35.5. The number of halogens is 3. The molecule has 0 bridgehead atoms. The monoisotopic (exact) mass is 396 g/mol. The van der Waals surface area contributed by atoms with Gasteiger partial charge in [0, 0.05) is 16.1 Å². The second kappa shape index (κ2) is 8.26. The van der Waals surface area contributed by atoms with E-state index in [0.29, 0.717) is 10.8 Å². The van der Waals surface area contributed by atoms with Crippen LogP contribution in [-0.4, -0.2) is 18.2 Å². The van der Waals surface area contributed by atoms with Crippen molar-refractivity contribution in [3.05, 3.63) is 64.7 Å². The van der Waals surface area contributed by atoms with E-state index < -0.39 is 17.5 Å². The van der Waals surface area contributed by atoms with Gasteiger partial charge in [0.25, 0.3) is 5.92 Å². The third-order valence-electron chi connectivity index (χ3n) is 3.84. The van der Waals surface area contributed by atoms with Gasteiger partial charge in [0.2, 0.25) is 0 Å². The van der Waals surface area contributed by atoms with E-state index in [1.807, 2.05) is 13.8 Å². The van der Waals surface area contributed by atoms with E-state index in [1.165, 1.54) is 48.5 Å². The fourth-order valence-electron chi connectivity index (χ4n) is 2.31. The Bertz CT molecular complexity index is 769. The average Bonchev–Trinajstić information content (AvgIpc) is 2.60. The third-order valence-corrected chi connectivity index (χ3v) is 4.09. The Morgan fingerprint density at radius 2 is 1.48 bits per heavy atom. The zero-order chi connectivity index (χ0) is 20.2. The number of benzene rings is 2. The number of carbonyl (C=O) groups is 1. The van der Waals surface area contributed by atoms with Gasteiger partial charge in [0.15, 0.2) is 5.60 Å². The minimum atomic E-state index is -3.17. The Morgan fingerprint density at radius 1 is 1.00 bits per heavy atom. The van der Waals surface area contributed by atoms with Gasteiger partial charge in [-0.15, -0.1) is 0 Å². The van der Waals surface area contributed by atoms with Crippen molar-refractivity contribution in [2.24, 2.45) is 5.92 Å². The van der Waals surface area contributed by atoms with Gasteiger partial charge in [-0.2, -0.15) is 8.78 Å². The summed E-state index contributed by atoms with van der Waals surface area (Å²) in [6, 6.07) is 10.8. The first kappa shape index (κ1) is 21.2. The molecule has 0 aliphatic carbocycles. The van der Waals surface area contributed by atoms with Crippen LogP contribution in [0.25, 0.3) is 0 Å². The maximum atomic E-state index is 14.6.